The van der Waals surface area contributed by atoms with E-state index in [1.807, 2.05) is 30.5 Å². The number of ether oxygens (including phenoxy) is 2. The van der Waals surface area contributed by atoms with Crippen molar-refractivity contribution in [2.75, 3.05) is 24.4 Å². The molecule has 1 aromatic carbocycles. The number of hydrogen-bond acceptors (Lipinski definition) is 8. The summed E-state index contributed by atoms with van der Waals surface area (Å²) in [5.74, 6) is 0.960. The fourth-order valence-corrected chi connectivity index (χ4v) is 5.95. The molecule has 0 spiro atoms. The molecule has 4 rings (SSSR count). The van der Waals surface area contributed by atoms with Crippen LogP contribution in [0, 0.1) is 0 Å². The lowest BCUT2D eigenvalue weighted by atomic mass is 9.90. The second-order valence-electron chi connectivity index (χ2n) is 7.53. The predicted octanol–water partition coefficient (Wildman–Crippen LogP) is 5.39. The summed E-state index contributed by atoms with van der Waals surface area (Å²) < 4.78 is 11.3. The van der Waals surface area contributed by atoms with E-state index in [1.165, 1.54) is 34.0 Å². The van der Waals surface area contributed by atoms with Gasteiger partial charge in [0.15, 0.2) is 5.16 Å². The van der Waals surface area contributed by atoms with Crippen molar-refractivity contribution in [1.29, 1.82) is 0 Å². The molecular formula is C22H25N3O3S3. The molecule has 2 aromatic heterocycles. The van der Waals surface area contributed by atoms with Crippen LogP contribution in [0.1, 0.15) is 30.7 Å². The quantitative estimate of drug-likeness (QED) is 0.279. The normalized spacial score (nSPS) is 18.1. The van der Waals surface area contributed by atoms with Crippen LogP contribution in [0.5, 0.6) is 5.75 Å². The standard InChI is InChI=1S/C22H25N3O3S3/c1-5-22(2)10-15-16(11-28-22)31-20-18(15)19(24-21(25-20)29-4)30-12-17(26)23-13-6-8-14(27-3)9-7-13/h6-9H,5,10-12H2,1-4H3,(H,23,26). The first-order valence-corrected chi connectivity index (χ1v) is 13.0. The van der Waals surface area contributed by atoms with Crippen molar-refractivity contribution < 1.29 is 14.3 Å². The van der Waals surface area contributed by atoms with E-state index in [-0.39, 0.29) is 17.3 Å². The van der Waals surface area contributed by atoms with E-state index in [0.29, 0.717) is 6.61 Å². The van der Waals surface area contributed by atoms with Crippen molar-refractivity contribution in [3.8, 4) is 5.75 Å². The van der Waals surface area contributed by atoms with E-state index < -0.39 is 0 Å². The number of aromatic nitrogens is 2. The molecule has 0 saturated heterocycles. The maximum atomic E-state index is 12.6. The number of rotatable bonds is 7. The first-order chi connectivity index (χ1) is 14.9. The average molecular weight is 476 g/mol. The van der Waals surface area contributed by atoms with E-state index in [1.54, 1.807) is 18.4 Å². The summed E-state index contributed by atoms with van der Waals surface area (Å²) in [7, 11) is 1.62. The van der Waals surface area contributed by atoms with Gasteiger partial charge in [0.1, 0.15) is 15.6 Å². The minimum Gasteiger partial charge on any atom is -0.497 e. The molecule has 1 N–H and O–H groups in total. The number of nitrogens with one attached hydrogen (secondary N) is 1. The number of thiophene rings is 1. The fourth-order valence-electron chi connectivity index (χ4n) is 3.45. The number of fused-ring (bicyclic) bond motifs is 3. The van der Waals surface area contributed by atoms with Crippen LogP contribution < -0.4 is 10.1 Å². The lowest BCUT2D eigenvalue weighted by Crippen LogP contribution is -2.33. The first-order valence-electron chi connectivity index (χ1n) is 10.0. The zero-order chi connectivity index (χ0) is 22.0. The highest BCUT2D eigenvalue weighted by molar-refractivity contribution is 8.00. The van der Waals surface area contributed by atoms with Gasteiger partial charge in [0.05, 0.1) is 25.1 Å². The van der Waals surface area contributed by atoms with E-state index in [0.717, 1.165) is 44.7 Å². The second-order valence-corrected chi connectivity index (χ2v) is 10.4. The molecule has 1 aliphatic heterocycles. The Bertz CT molecular complexity index is 1100. The van der Waals surface area contributed by atoms with Gasteiger partial charge in [-0.1, -0.05) is 30.4 Å². The minimum absolute atomic E-state index is 0.0709. The van der Waals surface area contributed by atoms with E-state index in [2.05, 4.69) is 19.2 Å². The number of anilines is 1. The molecule has 1 aliphatic rings. The maximum absolute atomic E-state index is 12.6. The Hall–Kier alpha value is -1.81. The lowest BCUT2D eigenvalue weighted by molar-refractivity contribution is -0.113. The zero-order valence-electron chi connectivity index (χ0n) is 18.0. The summed E-state index contributed by atoms with van der Waals surface area (Å²) in [6.07, 6.45) is 3.75. The van der Waals surface area contributed by atoms with Gasteiger partial charge in [-0.05, 0) is 49.4 Å². The van der Waals surface area contributed by atoms with Gasteiger partial charge >= 0.3 is 0 Å². The highest BCUT2D eigenvalue weighted by Crippen LogP contribution is 2.43. The molecule has 0 fully saturated rings. The molecule has 3 heterocycles. The smallest absolute Gasteiger partial charge is 0.234 e. The molecule has 6 nitrogen and oxygen atoms in total. The van der Waals surface area contributed by atoms with Crippen molar-refractivity contribution in [3.05, 3.63) is 34.7 Å². The number of nitrogens with zero attached hydrogens (tertiary/aromatic N) is 2. The van der Waals surface area contributed by atoms with Gasteiger partial charge in [0.25, 0.3) is 0 Å². The molecule has 1 atom stereocenters. The number of carbonyl (C=O) groups is 1. The zero-order valence-corrected chi connectivity index (χ0v) is 20.4. The Balaban J connectivity index is 1.57. The third-order valence-corrected chi connectivity index (χ3v) is 8.05. The summed E-state index contributed by atoms with van der Waals surface area (Å²) in [6.45, 7) is 4.92. The third kappa shape index (κ3) is 4.84. The minimum atomic E-state index is -0.174. The first kappa shape index (κ1) is 22.4. The van der Waals surface area contributed by atoms with Crippen LogP contribution in [0.3, 0.4) is 0 Å². The Morgan fingerprint density at radius 3 is 2.77 bits per heavy atom. The molecule has 1 unspecified atom stereocenters. The van der Waals surface area contributed by atoms with Gasteiger partial charge < -0.3 is 14.8 Å². The van der Waals surface area contributed by atoms with Crippen molar-refractivity contribution in [2.45, 2.75) is 49.1 Å². The highest BCUT2D eigenvalue weighted by Gasteiger charge is 2.33. The lowest BCUT2D eigenvalue weighted by Gasteiger charge is -2.33. The van der Waals surface area contributed by atoms with Crippen LogP contribution in [0.2, 0.25) is 0 Å². The molecule has 31 heavy (non-hydrogen) atoms. The highest BCUT2D eigenvalue weighted by atomic mass is 32.2. The Morgan fingerprint density at radius 2 is 2.10 bits per heavy atom. The summed E-state index contributed by atoms with van der Waals surface area (Å²) in [5, 5.41) is 5.62. The van der Waals surface area contributed by atoms with Gasteiger partial charge in [0, 0.05) is 22.4 Å². The van der Waals surface area contributed by atoms with Gasteiger partial charge in [-0.15, -0.1) is 11.3 Å². The van der Waals surface area contributed by atoms with Crippen molar-refractivity contribution in [1.82, 2.24) is 9.97 Å². The fraction of sp³-hybridized carbons (Fsp3) is 0.409. The van der Waals surface area contributed by atoms with E-state index >= 15 is 0 Å². The van der Waals surface area contributed by atoms with Crippen LogP contribution in [0.4, 0.5) is 5.69 Å². The largest absolute Gasteiger partial charge is 0.497 e. The maximum Gasteiger partial charge on any atom is 0.234 e. The SMILES string of the molecule is CCC1(C)Cc2c(sc3nc(SC)nc(SCC(=O)Nc4ccc(OC)cc4)c23)CO1. The van der Waals surface area contributed by atoms with Gasteiger partial charge in [-0.3, -0.25) is 4.79 Å². The number of amides is 1. The Labute approximate surface area is 194 Å². The molecule has 1 amide bonds. The third-order valence-electron chi connectivity index (χ3n) is 5.43. The summed E-state index contributed by atoms with van der Waals surface area (Å²) in [5.41, 5.74) is 1.85. The van der Waals surface area contributed by atoms with Gasteiger partial charge in [-0.2, -0.15) is 0 Å². The van der Waals surface area contributed by atoms with E-state index in [9.17, 15) is 4.79 Å². The number of carbonyl (C=O) groups excluding carboxylic acids is 1. The molecular weight excluding hydrogens is 450 g/mol. The average Bonchev–Trinajstić information content (AvgIpc) is 3.15. The Morgan fingerprint density at radius 1 is 1.32 bits per heavy atom. The molecule has 0 radical (unpaired) electrons. The van der Waals surface area contributed by atoms with Crippen LogP contribution in [0.25, 0.3) is 10.2 Å². The molecule has 9 heteroatoms. The number of benzene rings is 1. The van der Waals surface area contributed by atoms with Crippen molar-refractivity contribution in [3.63, 3.8) is 0 Å². The van der Waals surface area contributed by atoms with Crippen LogP contribution >= 0.6 is 34.9 Å². The van der Waals surface area contributed by atoms with Crippen molar-refractivity contribution in [2.24, 2.45) is 0 Å². The van der Waals surface area contributed by atoms with Crippen molar-refractivity contribution >= 4 is 56.7 Å². The monoisotopic (exact) mass is 475 g/mol. The van der Waals surface area contributed by atoms with Crippen LogP contribution in [0.15, 0.2) is 34.4 Å². The molecule has 0 aliphatic carbocycles. The molecule has 0 saturated carbocycles. The van der Waals surface area contributed by atoms with Crippen LogP contribution in [-0.4, -0.2) is 40.6 Å². The van der Waals surface area contributed by atoms with E-state index in [4.69, 9.17) is 19.4 Å². The summed E-state index contributed by atoms with van der Waals surface area (Å²) >= 11 is 4.66. The number of thioether (sulfide) groups is 2. The Kier molecular flexibility index (Phi) is 6.76. The summed E-state index contributed by atoms with van der Waals surface area (Å²) in [4.78, 5) is 24.3. The number of methoxy groups -OCH3 is 1. The van der Waals surface area contributed by atoms with Crippen LogP contribution in [-0.2, 0) is 22.6 Å². The molecule has 3 aromatic rings. The second kappa shape index (κ2) is 9.36. The molecule has 164 valence electrons. The number of hydrogen-bond donors (Lipinski definition) is 1. The van der Waals surface area contributed by atoms with Gasteiger partial charge in [0.2, 0.25) is 5.91 Å². The topological polar surface area (TPSA) is 73.3 Å². The molecule has 0 bridgehead atoms. The summed E-state index contributed by atoms with van der Waals surface area (Å²) in [6, 6.07) is 7.31. The van der Waals surface area contributed by atoms with Gasteiger partial charge in [-0.25, -0.2) is 9.97 Å². The predicted molar refractivity (Wildman–Crippen MR) is 129 cm³/mol.